The van der Waals surface area contributed by atoms with E-state index in [0.717, 1.165) is 6.42 Å². The molecule has 0 spiro atoms. The summed E-state index contributed by atoms with van der Waals surface area (Å²) in [6.07, 6.45) is 1.73. The number of aliphatic hydroxyl groups is 1. The standard InChI is InChI=1S/C16H23N5O4.C16H21N5O4/c2*1-5-9-8(4)11(22)15(25-9)21-6-17-10-12(21)18-16(20-14(10)24)19-13(23)7(2)3/h6-9,11,15,22H,5H2,1-4H3,(H2,18,19,20,23,24);6-9,15H,5H2,1-4H3,(H2,18,19,20,23,24)/t8-,9-,11+,15-;8-,9-,15-/m11/s1. The highest BCUT2D eigenvalue weighted by Gasteiger charge is 2.42. The second-order valence-electron chi connectivity index (χ2n) is 13.2. The zero-order valence-electron chi connectivity index (χ0n) is 29.3. The lowest BCUT2D eigenvalue weighted by Crippen LogP contribution is -2.25. The number of Topliss-reactive ketones (excluding diaryl/α,β-unsaturated/α-hetero) is 1. The second-order valence-corrected chi connectivity index (χ2v) is 13.2. The van der Waals surface area contributed by atoms with Crippen LogP contribution in [0.25, 0.3) is 22.3 Å². The highest BCUT2D eigenvalue weighted by Crippen LogP contribution is 2.36. The van der Waals surface area contributed by atoms with Gasteiger partial charge in [-0.15, -0.1) is 0 Å². The fraction of sp³-hybridized carbons (Fsp3) is 0.594. The number of amides is 2. The molecule has 2 aliphatic rings. The number of aromatic nitrogens is 8. The van der Waals surface area contributed by atoms with Crippen molar-refractivity contribution >= 4 is 51.8 Å². The van der Waals surface area contributed by atoms with E-state index in [1.54, 1.807) is 32.3 Å². The van der Waals surface area contributed by atoms with Crippen molar-refractivity contribution in [3.8, 4) is 0 Å². The number of imidazole rings is 2. The highest BCUT2D eigenvalue weighted by atomic mass is 16.5. The van der Waals surface area contributed by atoms with E-state index in [-0.39, 0.29) is 87.7 Å². The van der Waals surface area contributed by atoms with Crippen LogP contribution < -0.4 is 21.8 Å². The van der Waals surface area contributed by atoms with Crippen LogP contribution in [0, 0.1) is 23.7 Å². The number of rotatable bonds is 8. The Kier molecular flexibility index (Phi) is 10.6. The number of H-pyrrole nitrogens is 2. The number of ether oxygens (including phenoxy) is 2. The van der Waals surface area contributed by atoms with Gasteiger partial charge in [0.15, 0.2) is 40.6 Å². The first-order chi connectivity index (χ1) is 23.7. The molecule has 0 aromatic carbocycles. The third kappa shape index (κ3) is 6.95. The number of carbonyl (C=O) groups excluding carboxylic acids is 3. The summed E-state index contributed by atoms with van der Waals surface area (Å²) in [5, 5.41) is 15.6. The van der Waals surface area contributed by atoms with Crippen molar-refractivity contribution < 1.29 is 29.0 Å². The molecule has 0 saturated carbocycles. The predicted octanol–water partition coefficient (Wildman–Crippen LogP) is 2.25. The molecule has 50 heavy (non-hydrogen) atoms. The quantitative estimate of drug-likeness (QED) is 0.178. The Morgan fingerprint density at radius 2 is 1.30 bits per heavy atom. The van der Waals surface area contributed by atoms with E-state index >= 15 is 0 Å². The highest BCUT2D eigenvalue weighted by molar-refractivity contribution is 5.92. The minimum Gasteiger partial charge on any atom is -0.388 e. The van der Waals surface area contributed by atoms with Gasteiger partial charge in [0.2, 0.25) is 23.7 Å². The van der Waals surface area contributed by atoms with Gasteiger partial charge in [0, 0.05) is 23.7 Å². The first-order valence-electron chi connectivity index (χ1n) is 16.7. The molecular formula is C32H44N10O8. The summed E-state index contributed by atoms with van der Waals surface area (Å²) in [6, 6.07) is 0. The van der Waals surface area contributed by atoms with Gasteiger partial charge in [-0.1, -0.05) is 55.4 Å². The summed E-state index contributed by atoms with van der Waals surface area (Å²) >= 11 is 0. The van der Waals surface area contributed by atoms with Gasteiger partial charge in [-0.3, -0.25) is 53.7 Å². The van der Waals surface area contributed by atoms with Crippen molar-refractivity contribution in [1.29, 1.82) is 0 Å². The fourth-order valence-electron chi connectivity index (χ4n) is 5.82. The van der Waals surface area contributed by atoms with Crippen molar-refractivity contribution in [2.45, 2.75) is 99.0 Å². The van der Waals surface area contributed by atoms with E-state index in [1.807, 2.05) is 27.7 Å². The number of aliphatic hydroxyl groups excluding tert-OH is 1. The molecule has 0 bridgehead atoms. The number of hydrogen-bond acceptors (Lipinski definition) is 12. The van der Waals surface area contributed by atoms with Crippen LogP contribution in [-0.2, 0) is 23.9 Å². The van der Waals surface area contributed by atoms with Crippen LogP contribution in [-0.4, -0.2) is 80.1 Å². The molecule has 7 atom stereocenters. The number of fused-ring (bicyclic) bond motifs is 2. The largest absolute Gasteiger partial charge is 0.388 e. The van der Waals surface area contributed by atoms with E-state index in [2.05, 4.69) is 40.5 Å². The SMILES string of the molecule is CC[C@H]1O[C@@H](n2cnc3c(=O)[nH]c(NC(=O)C(C)C)nc32)C(=O)[C@@H]1C.CC[C@H]1O[C@@H](n2cnc3c(=O)[nH]c(NC(=O)C(C)C)nc32)[C@@H](O)[C@@H]1C. The van der Waals surface area contributed by atoms with Crippen LogP contribution in [0.15, 0.2) is 22.2 Å². The third-order valence-corrected chi connectivity index (χ3v) is 9.01. The average Bonchev–Trinajstić information content (AvgIpc) is 3.82. The van der Waals surface area contributed by atoms with Gasteiger partial charge in [0.1, 0.15) is 6.10 Å². The molecule has 0 aliphatic carbocycles. The Balaban J connectivity index is 0.000000194. The van der Waals surface area contributed by atoms with Crippen molar-refractivity contribution in [3.05, 3.63) is 33.4 Å². The third-order valence-electron chi connectivity index (χ3n) is 9.01. The molecule has 2 amide bonds. The first-order valence-corrected chi connectivity index (χ1v) is 16.7. The van der Waals surface area contributed by atoms with E-state index in [0.29, 0.717) is 6.42 Å². The fourth-order valence-corrected chi connectivity index (χ4v) is 5.82. The Bertz CT molecular complexity index is 2010. The van der Waals surface area contributed by atoms with Crippen LogP contribution in [0.4, 0.5) is 11.9 Å². The van der Waals surface area contributed by atoms with Crippen LogP contribution in [0.2, 0.25) is 0 Å². The molecule has 18 nitrogen and oxygen atoms in total. The number of nitrogens with zero attached hydrogens (tertiary/aromatic N) is 6. The van der Waals surface area contributed by atoms with E-state index < -0.39 is 29.7 Å². The molecule has 0 unspecified atom stereocenters. The lowest BCUT2D eigenvalue weighted by Gasteiger charge is -2.17. The van der Waals surface area contributed by atoms with Gasteiger partial charge in [-0.25, -0.2) is 9.97 Å². The Hall–Kier alpha value is -4.81. The first kappa shape index (κ1) is 36.5. The minimum atomic E-state index is -0.868. The zero-order valence-corrected chi connectivity index (χ0v) is 29.3. The molecule has 6 heterocycles. The maximum Gasteiger partial charge on any atom is 0.280 e. The molecule has 0 radical (unpaired) electrons. The number of carbonyl (C=O) groups is 3. The Labute approximate surface area is 286 Å². The molecular weight excluding hydrogens is 652 g/mol. The predicted molar refractivity (Wildman–Crippen MR) is 181 cm³/mol. The monoisotopic (exact) mass is 696 g/mol. The molecule has 6 rings (SSSR count). The molecule has 18 heteroatoms. The minimum absolute atomic E-state index is 0.0171. The Morgan fingerprint density at radius 1 is 0.820 bits per heavy atom. The summed E-state index contributed by atoms with van der Waals surface area (Å²) in [5.41, 5.74) is -0.276. The van der Waals surface area contributed by atoms with Crippen LogP contribution in [0.3, 0.4) is 0 Å². The summed E-state index contributed by atoms with van der Waals surface area (Å²) in [6.45, 7) is 14.6. The molecule has 270 valence electrons. The maximum absolute atomic E-state index is 12.5. The number of hydrogen-bond donors (Lipinski definition) is 5. The van der Waals surface area contributed by atoms with Gasteiger partial charge in [0.05, 0.1) is 24.9 Å². The zero-order chi connectivity index (χ0) is 36.6. The number of anilines is 2. The number of aromatic amines is 2. The maximum atomic E-state index is 12.5. The van der Waals surface area contributed by atoms with Crippen molar-refractivity contribution in [2.75, 3.05) is 10.6 Å². The van der Waals surface area contributed by atoms with Crippen molar-refractivity contribution in [3.63, 3.8) is 0 Å². The molecule has 5 N–H and O–H groups in total. The van der Waals surface area contributed by atoms with Crippen LogP contribution in [0.1, 0.15) is 80.7 Å². The van der Waals surface area contributed by atoms with Gasteiger partial charge >= 0.3 is 0 Å². The topological polar surface area (TPSA) is 241 Å². The second kappa shape index (κ2) is 14.6. The van der Waals surface area contributed by atoms with Crippen molar-refractivity contribution in [2.24, 2.45) is 23.7 Å². The molecule has 2 fully saturated rings. The molecule has 2 aliphatic heterocycles. The number of ketones is 1. The lowest BCUT2D eigenvalue weighted by molar-refractivity contribution is -0.128. The van der Waals surface area contributed by atoms with E-state index in [4.69, 9.17) is 9.47 Å². The van der Waals surface area contributed by atoms with E-state index in [1.165, 1.54) is 17.2 Å². The van der Waals surface area contributed by atoms with Gasteiger partial charge < -0.3 is 14.6 Å². The normalized spacial score (nSPS) is 25.0. The van der Waals surface area contributed by atoms with Crippen LogP contribution in [0.5, 0.6) is 0 Å². The van der Waals surface area contributed by atoms with E-state index in [9.17, 15) is 29.1 Å². The summed E-state index contributed by atoms with van der Waals surface area (Å²) in [7, 11) is 0. The average molecular weight is 697 g/mol. The summed E-state index contributed by atoms with van der Waals surface area (Å²) < 4.78 is 14.7. The molecule has 4 aromatic heterocycles. The Morgan fingerprint density at radius 3 is 1.74 bits per heavy atom. The van der Waals surface area contributed by atoms with Gasteiger partial charge in [0.25, 0.3) is 11.1 Å². The summed E-state index contributed by atoms with van der Waals surface area (Å²) in [4.78, 5) is 82.3. The molecule has 4 aromatic rings. The molecule has 2 saturated heterocycles. The smallest absolute Gasteiger partial charge is 0.280 e. The summed E-state index contributed by atoms with van der Waals surface area (Å²) in [5.74, 6) is -1.36. The lowest BCUT2D eigenvalue weighted by atomic mass is 9.99. The number of nitrogens with one attached hydrogen (secondary N) is 4. The van der Waals surface area contributed by atoms with Crippen LogP contribution >= 0.6 is 0 Å². The van der Waals surface area contributed by atoms with Gasteiger partial charge in [-0.05, 0) is 12.8 Å². The van der Waals surface area contributed by atoms with Crippen molar-refractivity contribution in [1.82, 2.24) is 39.0 Å². The van der Waals surface area contributed by atoms with Gasteiger partial charge in [-0.2, -0.15) is 9.97 Å².